The summed E-state index contributed by atoms with van der Waals surface area (Å²) in [7, 11) is 0. The lowest BCUT2D eigenvalue weighted by Crippen LogP contribution is -2.12. The van der Waals surface area contributed by atoms with Crippen LogP contribution in [-0.2, 0) is 13.1 Å². The van der Waals surface area contributed by atoms with Crippen molar-refractivity contribution in [1.82, 2.24) is 9.78 Å². The average molecular weight is 293 g/mol. The number of carbonyl (C=O) groups excluding carboxylic acids is 1. The van der Waals surface area contributed by atoms with E-state index in [9.17, 15) is 4.79 Å². The molecule has 0 aliphatic heterocycles. The molecule has 0 radical (unpaired) electrons. The first-order valence-corrected chi connectivity index (χ1v) is 6.76. The number of aryl methyl sites for hydroxylation is 2. The molecular weight excluding hydrogens is 276 g/mol. The number of nitrogens with zero attached hydrogens (tertiary/aromatic N) is 2. The molecule has 0 saturated heterocycles. The van der Waals surface area contributed by atoms with E-state index in [-0.39, 0.29) is 0 Å². The minimum atomic E-state index is -0.443. The topological polar surface area (TPSA) is 72.9 Å². The molecule has 106 valence electrons. The van der Waals surface area contributed by atoms with Gasteiger partial charge in [0.2, 0.25) is 5.91 Å². The zero-order chi connectivity index (χ0) is 14.7. The Morgan fingerprint density at radius 2 is 2.25 bits per heavy atom. The summed E-state index contributed by atoms with van der Waals surface area (Å²) < 4.78 is 1.86. The summed E-state index contributed by atoms with van der Waals surface area (Å²) in [6.45, 7) is 5.19. The number of nitrogens with one attached hydrogen (secondary N) is 1. The highest BCUT2D eigenvalue weighted by Gasteiger charge is 2.12. The highest BCUT2D eigenvalue weighted by atomic mass is 35.5. The smallest absolute Gasteiger partial charge is 0.248 e. The lowest BCUT2D eigenvalue weighted by Gasteiger charge is -2.09. The molecule has 3 N–H and O–H groups in total. The van der Waals surface area contributed by atoms with Gasteiger partial charge in [0.1, 0.15) is 0 Å². The average Bonchev–Trinajstić information content (AvgIpc) is 2.72. The van der Waals surface area contributed by atoms with Crippen molar-refractivity contribution in [3.8, 4) is 0 Å². The van der Waals surface area contributed by atoms with Crippen LogP contribution in [0.15, 0.2) is 24.3 Å². The van der Waals surface area contributed by atoms with Gasteiger partial charge in [-0.1, -0.05) is 17.7 Å². The Balaban J connectivity index is 2.16. The van der Waals surface area contributed by atoms with E-state index < -0.39 is 5.91 Å². The van der Waals surface area contributed by atoms with E-state index in [4.69, 9.17) is 17.3 Å². The van der Waals surface area contributed by atoms with Gasteiger partial charge in [0.05, 0.1) is 23.0 Å². The largest absolute Gasteiger partial charge is 0.379 e. The van der Waals surface area contributed by atoms with Crippen molar-refractivity contribution < 1.29 is 4.79 Å². The van der Waals surface area contributed by atoms with E-state index in [0.717, 1.165) is 23.6 Å². The summed E-state index contributed by atoms with van der Waals surface area (Å²) in [5, 5.41) is 8.26. The second-order valence-corrected chi connectivity index (χ2v) is 4.84. The molecule has 0 bridgehead atoms. The SMILES string of the molecule is CCn1nc(C)c(Cl)c1CNc1cccc(C(N)=O)c1. The Kier molecular flexibility index (Phi) is 4.29. The standard InChI is InChI=1S/C14H17ClN4O/c1-3-19-12(13(15)9(2)18-19)8-17-11-6-4-5-10(7-11)14(16)20/h4-7,17H,3,8H2,1-2H3,(H2,16,20). The predicted octanol–water partition coefficient (Wildman–Crippen LogP) is 2.58. The van der Waals surface area contributed by atoms with Gasteiger partial charge >= 0.3 is 0 Å². The number of aromatic nitrogens is 2. The second kappa shape index (κ2) is 5.96. The molecule has 20 heavy (non-hydrogen) atoms. The Morgan fingerprint density at radius 1 is 1.50 bits per heavy atom. The van der Waals surface area contributed by atoms with Crippen LogP contribution >= 0.6 is 11.6 Å². The molecule has 6 heteroatoms. The number of primary amides is 1. The molecule has 0 aliphatic carbocycles. The van der Waals surface area contributed by atoms with Crippen LogP contribution < -0.4 is 11.1 Å². The van der Waals surface area contributed by atoms with Crippen LogP contribution in [-0.4, -0.2) is 15.7 Å². The van der Waals surface area contributed by atoms with Gasteiger partial charge in [-0.2, -0.15) is 5.10 Å². The Labute approximate surface area is 122 Å². The van der Waals surface area contributed by atoms with Crippen LogP contribution in [0.1, 0.15) is 28.7 Å². The first kappa shape index (κ1) is 14.4. The van der Waals surface area contributed by atoms with E-state index in [1.165, 1.54) is 0 Å². The highest BCUT2D eigenvalue weighted by molar-refractivity contribution is 6.31. The maximum absolute atomic E-state index is 11.1. The molecule has 1 amide bonds. The van der Waals surface area contributed by atoms with Gasteiger partial charge in [0, 0.05) is 17.8 Å². The third-order valence-corrected chi connectivity index (χ3v) is 3.55. The molecule has 0 saturated carbocycles. The van der Waals surface area contributed by atoms with Gasteiger partial charge in [-0.25, -0.2) is 0 Å². The molecule has 5 nitrogen and oxygen atoms in total. The summed E-state index contributed by atoms with van der Waals surface area (Å²) in [4.78, 5) is 11.1. The third-order valence-electron chi connectivity index (χ3n) is 3.06. The Hall–Kier alpha value is -2.01. The van der Waals surface area contributed by atoms with Gasteiger partial charge < -0.3 is 11.1 Å². The normalized spacial score (nSPS) is 10.6. The highest BCUT2D eigenvalue weighted by Crippen LogP contribution is 2.21. The molecule has 1 aromatic heterocycles. The van der Waals surface area contributed by atoms with Crippen LogP contribution in [0.5, 0.6) is 0 Å². The molecular formula is C14H17ClN4O. The summed E-state index contributed by atoms with van der Waals surface area (Å²) >= 11 is 6.24. The first-order valence-electron chi connectivity index (χ1n) is 6.38. The monoisotopic (exact) mass is 292 g/mol. The van der Waals surface area contributed by atoms with E-state index in [1.54, 1.807) is 18.2 Å². The van der Waals surface area contributed by atoms with Gasteiger partial charge in [0.15, 0.2) is 0 Å². The van der Waals surface area contributed by atoms with Crippen molar-refractivity contribution in [1.29, 1.82) is 0 Å². The lowest BCUT2D eigenvalue weighted by molar-refractivity contribution is 0.100. The fraction of sp³-hybridized carbons (Fsp3) is 0.286. The molecule has 0 spiro atoms. The zero-order valence-electron chi connectivity index (χ0n) is 11.5. The minimum absolute atomic E-state index is 0.443. The third kappa shape index (κ3) is 2.93. The number of nitrogens with two attached hydrogens (primary N) is 1. The summed E-state index contributed by atoms with van der Waals surface area (Å²) in [6, 6.07) is 7.06. The number of hydrogen-bond donors (Lipinski definition) is 2. The lowest BCUT2D eigenvalue weighted by atomic mass is 10.2. The number of benzene rings is 1. The van der Waals surface area contributed by atoms with Crippen LogP contribution in [0.25, 0.3) is 0 Å². The van der Waals surface area contributed by atoms with Crippen LogP contribution in [0, 0.1) is 6.92 Å². The Bertz CT molecular complexity index is 636. The maximum atomic E-state index is 11.1. The predicted molar refractivity (Wildman–Crippen MR) is 79.9 cm³/mol. The van der Waals surface area contributed by atoms with Crippen molar-refractivity contribution in [2.75, 3.05) is 5.32 Å². The Morgan fingerprint density at radius 3 is 2.90 bits per heavy atom. The van der Waals surface area contributed by atoms with Crippen LogP contribution in [0.2, 0.25) is 5.02 Å². The van der Waals surface area contributed by atoms with Gasteiger partial charge in [-0.3, -0.25) is 9.48 Å². The van der Waals surface area contributed by atoms with Crippen molar-refractivity contribution in [3.05, 3.63) is 46.2 Å². The minimum Gasteiger partial charge on any atom is -0.379 e. The molecule has 0 aliphatic rings. The second-order valence-electron chi connectivity index (χ2n) is 4.46. The van der Waals surface area contributed by atoms with E-state index >= 15 is 0 Å². The number of rotatable bonds is 5. The molecule has 1 heterocycles. The molecule has 0 fully saturated rings. The number of hydrogen-bond acceptors (Lipinski definition) is 3. The summed E-state index contributed by atoms with van der Waals surface area (Å²) in [5.74, 6) is -0.443. The van der Waals surface area contributed by atoms with Gasteiger partial charge in [-0.05, 0) is 32.0 Å². The molecule has 0 atom stereocenters. The number of anilines is 1. The molecule has 2 aromatic rings. The quantitative estimate of drug-likeness (QED) is 0.889. The fourth-order valence-corrected chi connectivity index (χ4v) is 2.21. The van der Waals surface area contributed by atoms with Crippen LogP contribution in [0.4, 0.5) is 5.69 Å². The number of carbonyl (C=O) groups is 1. The van der Waals surface area contributed by atoms with E-state index in [2.05, 4.69) is 10.4 Å². The van der Waals surface area contributed by atoms with Crippen molar-refractivity contribution in [2.45, 2.75) is 26.9 Å². The zero-order valence-corrected chi connectivity index (χ0v) is 12.2. The van der Waals surface area contributed by atoms with Crippen LogP contribution in [0.3, 0.4) is 0 Å². The van der Waals surface area contributed by atoms with Crippen molar-refractivity contribution in [2.24, 2.45) is 5.73 Å². The maximum Gasteiger partial charge on any atom is 0.248 e. The molecule has 2 rings (SSSR count). The molecule has 1 aromatic carbocycles. The van der Waals surface area contributed by atoms with Crippen molar-refractivity contribution >= 4 is 23.2 Å². The van der Waals surface area contributed by atoms with Gasteiger partial charge in [-0.15, -0.1) is 0 Å². The van der Waals surface area contributed by atoms with Gasteiger partial charge in [0.25, 0.3) is 0 Å². The van der Waals surface area contributed by atoms with Crippen molar-refractivity contribution in [3.63, 3.8) is 0 Å². The van der Waals surface area contributed by atoms with E-state index in [1.807, 2.05) is 24.6 Å². The first-order chi connectivity index (χ1) is 9.52. The summed E-state index contributed by atoms with van der Waals surface area (Å²) in [6.07, 6.45) is 0. The summed E-state index contributed by atoms with van der Waals surface area (Å²) in [5.41, 5.74) is 8.30. The fourth-order valence-electron chi connectivity index (χ4n) is 2.01. The van der Waals surface area contributed by atoms with E-state index in [0.29, 0.717) is 17.1 Å². The number of halogens is 1. The molecule has 0 unspecified atom stereocenters. The number of amides is 1.